The zero-order chi connectivity index (χ0) is 16.4. The van der Waals surface area contributed by atoms with Crippen molar-refractivity contribution in [1.82, 2.24) is 9.55 Å². The molecular weight excluding hydrogens is 308 g/mol. The molecule has 3 aromatic rings. The number of hydrogen-bond donors (Lipinski definition) is 1. The molecule has 6 heteroatoms. The average molecular weight is 320 g/mol. The van der Waals surface area contributed by atoms with Crippen molar-refractivity contribution in [1.29, 1.82) is 0 Å². The van der Waals surface area contributed by atoms with Gasteiger partial charge in [0.15, 0.2) is 6.10 Å². The lowest BCUT2D eigenvalue weighted by Gasteiger charge is -2.21. The first-order valence-electron chi connectivity index (χ1n) is 7.64. The highest BCUT2D eigenvalue weighted by atomic mass is 16.5. The quantitative estimate of drug-likeness (QED) is 0.497. The molecule has 2 aromatic heterocycles. The van der Waals surface area contributed by atoms with Crippen LogP contribution in [0.1, 0.15) is 22.8 Å². The summed E-state index contributed by atoms with van der Waals surface area (Å²) in [5, 5.41) is 11.1. The number of rotatable bonds is 0. The van der Waals surface area contributed by atoms with E-state index < -0.39 is 12.1 Å². The summed E-state index contributed by atoms with van der Waals surface area (Å²) in [4.78, 5) is 29.0. The number of aliphatic hydroxyl groups is 1. The monoisotopic (exact) mass is 320 g/mol. The highest BCUT2D eigenvalue weighted by Gasteiger charge is 2.33. The van der Waals surface area contributed by atoms with Gasteiger partial charge in [-0.25, -0.2) is 9.78 Å². The lowest BCUT2D eigenvalue weighted by molar-refractivity contribution is -0.157. The lowest BCUT2D eigenvalue weighted by Crippen LogP contribution is -2.32. The van der Waals surface area contributed by atoms with Gasteiger partial charge in [0, 0.05) is 16.5 Å². The van der Waals surface area contributed by atoms with Gasteiger partial charge in [0.25, 0.3) is 5.56 Å². The van der Waals surface area contributed by atoms with E-state index in [1.807, 2.05) is 30.3 Å². The fraction of sp³-hybridized carbons (Fsp3) is 0.167. The third-order valence-electron chi connectivity index (χ3n) is 4.69. The second kappa shape index (κ2) is 4.52. The van der Waals surface area contributed by atoms with Crippen molar-refractivity contribution in [2.24, 2.45) is 0 Å². The van der Waals surface area contributed by atoms with E-state index >= 15 is 0 Å². The van der Waals surface area contributed by atoms with Crippen LogP contribution in [0.3, 0.4) is 0 Å². The van der Waals surface area contributed by atoms with Gasteiger partial charge in [-0.2, -0.15) is 0 Å². The summed E-state index contributed by atoms with van der Waals surface area (Å²) in [6.07, 6.45) is -1.42. The maximum atomic E-state index is 12.8. The first kappa shape index (κ1) is 13.4. The Balaban J connectivity index is 1.80. The standard InChI is InChI=1S/C18H12N2O4/c21-16-11-6-14-15-10(5-9-3-1-2-4-13(9)19-15)7-20(14)17(22)12(11)8-24-18(16)23/h1-6,16,21H,7-8H2/t16-/m0/s1. The van der Waals surface area contributed by atoms with Gasteiger partial charge in [0.1, 0.15) is 6.61 Å². The molecule has 0 unspecified atom stereocenters. The zero-order valence-corrected chi connectivity index (χ0v) is 12.5. The van der Waals surface area contributed by atoms with E-state index in [9.17, 15) is 14.7 Å². The van der Waals surface area contributed by atoms with Gasteiger partial charge in [0.2, 0.25) is 0 Å². The van der Waals surface area contributed by atoms with Crippen molar-refractivity contribution in [2.75, 3.05) is 0 Å². The third kappa shape index (κ3) is 1.66. The summed E-state index contributed by atoms with van der Waals surface area (Å²) in [6, 6.07) is 11.5. The van der Waals surface area contributed by atoms with E-state index in [0.29, 0.717) is 23.4 Å². The molecule has 6 nitrogen and oxygen atoms in total. The minimum absolute atomic E-state index is 0.101. The van der Waals surface area contributed by atoms with Crippen LogP contribution in [0.25, 0.3) is 22.3 Å². The van der Waals surface area contributed by atoms with Crippen molar-refractivity contribution in [3.63, 3.8) is 0 Å². The number of para-hydroxylation sites is 1. The molecule has 5 rings (SSSR count). The lowest BCUT2D eigenvalue weighted by atomic mass is 10.0. The van der Waals surface area contributed by atoms with Gasteiger partial charge in [0.05, 0.1) is 29.0 Å². The normalized spacial score (nSPS) is 18.0. The first-order valence-corrected chi connectivity index (χ1v) is 7.64. The van der Waals surface area contributed by atoms with Crippen LogP contribution in [0, 0.1) is 0 Å². The number of nitrogens with zero attached hydrogens (tertiary/aromatic N) is 2. The number of ether oxygens (including phenoxy) is 1. The Labute approximate surface area is 135 Å². The van der Waals surface area contributed by atoms with Gasteiger partial charge in [-0.05, 0) is 18.2 Å². The largest absolute Gasteiger partial charge is 0.458 e. The Morgan fingerprint density at radius 3 is 2.92 bits per heavy atom. The Morgan fingerprint density at radius 1 is 1.21 bits per heavy atom. The van der Waals surface area contributed by atoms with E-state index in [4.69, 9.17) is 4.74 Å². The number of benzene rings is 1. The van der Waals surface area contributed by atoms with E-state index in [-0.39, 0.29) is 12.2 Å². The molecule has 1 aromatic carbocycles. The van der Waals surface area contributed by atoms with Gasteiger partial charge >= 0.3 is 5.97 Å². The molecule has 2 aliphatic rings. The van der Waals surface area contributed by atoms with Crippen LogP contribution < -0.4 is 5.56 Å². The number of esters is 1. The average Bonchev–Trinajstić information content (AvgIpc) is 2.95. The predicted octanol–water partition coefficient (Wildman–Crippen LogP) is 1.52. The van der Waals surface area contributed by atoms with Crippen molar-refractivity contribution in [3.05, 3.63) is 63.4 Å². The fourth-order valence-electron chi connectivity index (χ4n) is 3.47. The summed E-state index contributed by atoms with van der Waals surface area (Å²) in [6.45, 7) is 0.328. The molecule has 118 valence electrons. The molecule has 0 saturated heterocycles. The van der Waals surface area contributed by atoms with Crippen molar-refractivity contribution in [3.8, 4) is 11.4 Å². The molecule has 0 aliphatic carbocycles. The maximum absolute atomic E-state index is 12.8. The fourth-order valence-corrected chi connectivity index (χ4v) is 3.47. The van der Waals surface area contributed by atoms with Crippen LogP contribution in [-0.4, -0.2) is 20.6 Å². The van der Waals surface area contributed by atoms with E-state index in [0.717, 1.165) is 22.2 Å². The van der Waals surface area contributed by atoms with Crippen LogP contribution in [0.4, 0.5) is 0 Å². The Morgan fingerprint density at radius 2 is 2.04 bits per heavy atom. The molecule has 2 aliphatic heterocycles. The number of carbonyl (C=O) groups excluding carboxylic acids is 1. The van der Waals surface area contributed by atoms with E-state index in [2.05, 4.69) is 4.98 Å². The van der Waals surface area contributed by atoms with Crippen molar-refractivity contribution >= 4 is 16.9 Å². The van der Waals surface area contributed by atoms with Crippen LogP contribution >= 0.6 is 0 Å². The molecule has 1 atom stereocenters. The third-order valence-corrected chi connectivity index (χ3v) is 4.69. The summed E-state index contributed by atoms with van der Waals surface area (Å²) < 4.78 is 6.51. The van der Waals surface area contributed by atoms with Crippen molar-refractivity contribution < 1.29 is 14.6 Å². The van der Waals surface area contributed by atoms with E-state index in [1.54, 1.807) is 10.6 Å². The molecule has 0 bridgehead atoms. The van der Waals surface area contributed by atoms with Gasteiger partial charge in [-0.3, -0.25) is 4.79 Å². The number of aliphatic hydroxyl groups excluding tert-OH is 1. The smallest absolute Gasteiger partial charge is 0.340 e. The molecule has 0 saturated carbocycles. The van der Waals surface area contributed by atoms with Crippen LogP contribution in [0.15, 0.2) is 41.2 Å². The molecule has 0 spiro atoms. The SMILES string of the molecule is O=C1OCc2c(cc3n(c2=O)Cc2cc4ccccc4nc2-3)[C@@H]1O. The van der Waals surface area contributed by atoms with Crippen LogP contribution in [-0.2, 0) is 22.7 Å². The molecule has 0 radical (unpaired) electrons. The highest BCUT2D eigenvalue weighted by molar-refractivity contribution is 5.84. The number of fused-ring (bicyclic) bond motifs is 5. The molecule has 1 N–H and O–H groups in total. The molecule has 4 heterocycles. The predicted molar refractivity (Wildman–Crippen MR) is 85.3 cm³/mol. The van der Waals surface area contributed by atoms with Gasteiger partial charge in [-0.15, -0.1) is 0 Å². The summed E-state index contributed by atoms with van der Waals surface area (Å²) in [5.41, 5.74) is 3.57. The number of cyclic esters (lactones) is 1. The number of hydrogen-bond acceptors (Lipinski definition) is 5. The van der Waals surface area contributed by atoms with Crippen LogP contribution in [0.2, 0.25) is 0 Å². The Hall–Kier alpha value is -2.99. The van der Waals surface area contributed by atoms with E-state index in [1.165, 1.54) is 0 Å². The maximum Gasteiger partial charge on any atom is 0.340 e. The topological polar surface area (TPSA) is 81.4 Å². The first-order chi connectivity index (χ1) is 11.6. The molecule has 0 fully saturated rings. The van der Waals surface area contributed by atoms with Gasteiger partial charge < -0.3 is 14.4 Å². The minimum atomic E-state index is -1.42. The van der Waals surface area contributed by atoms with Crippen molar-refractivity contribution in [2.45, 2.75) is 19.3 Å². The Bertz CT molecular complexity index is 1100. The number of pyridine rings is 2. The molecule has 0 amide bonds. The molecule has 24 heavy (non-hydrogen) atoms. The van der Waals surface area contributed by atoms with Crippen LogP contribution in [0.5, 0.6) is 0 Å². The summed E-state index contributed by atoms with van der Waals surface area (Å²) >= 11 is 0. The Kier molecular flexibility index (Phi) is 2.53. The number of aromatic nitrogens is 2. The summed E-state index contributed by atoms with van der Waals surface area (Å²) in [5.74, 6) is -0.725. The van der Waals surface area contributed by atoms with Gasteiger partial charge in [-0.1, -0.05) is 18.2 Å². The molecular formula is C18H12N2O4. The zero-order valence-electron chi connectivity index (χ0n) is 12.5. The minimum Gasteiger partial charge on any atom is -0.458 e. The highest BCUT2D eigenvalue weighted by Crippen LogP contribution is 2.34. The summed E-state index contributed by atoms with van der Waals surface area (Å²) in [7, 11) is 0. The number of carbonyl (C=O) groups is 1. The second-order valence-electron chi connectivity index (χ2n) is 6.05. The second-order valence-corrected chi connectivity index (χ2v) is 6.05.